The number of nitrogens with two attached hydrogens (primary N) is 1. The molecule has 5 aliphatic rings. The molecule has 6 rings (SSSR count). The molecule has 4 N–H and O–H groups in total. The summed E-state index contributed by atoms with van der Waals surface area (Å²) in [6.07, 6.45) is 10.2. The molecule has 2 amide bonds. The van der Waals surface area contributed by atoms with Crippen LogP contribution in [0, 0.1) is 23.2 Å². The summed E-state index contributed by atoms with van der Waals surface area (Å²) in [6.45, 7) is 5.63. The van der Waals surface area contributed by atoms with Crippen molar-refractivity contribution in [3.05, 3.63) is 42.2 Å². The van der Waals surface area contributed by atoms with Crippen LogP contribution < -0.4 is 15.8 Å². The zero-order valence-electron chi connectivity index (χ0n) is 19.4. The normalized spacial score (nSPS) is 33.1. The van der Waals surface area contributed by atoms with Gasteiger partial charge in [-0.15, -0.1) is 0 Å². The van der Waals surface area contributed by atoms with Crippen molar-refractivity contribution < 1.29 is 18.0 Å². The van der Waals surface area contributed by atoms with Gasteiger partial charge in [-0.25, -0.2) is 8.42 Å². The summed E-state index contributed by atoms with van der Waals surface area (Å²) in [7, 11) is -4.04. The number of carbonyl (C=O) groups excluding carboxylic acids is 2. The van der Waals surface area contributed by atoms with Crippen LogP contribution in [0.1, 0.15) is 63.1 Å². The molecule has 34 heavy (non-hydrogen) atoms. The fourth-order valence-electron chi connectivity index (χ4n) is 6.76. The highest BCUT2D eigenvalue weighted by molar-refractivity contribution is 7.98. The van der Waals surface area contributed by atoms with Crippen LogP contribution >= 0.6 is 0 Å². The minimum atomic E-state index is -4.04. The van der Waals surface area contributed by atoms with Crippen LogP contribution in [-0.4, -0.2) is 36.8 Å². The molecule has 0 spiro atoms. The van der Waals surface area contributed by atoms with Gasteiger partial charge in [-0.1, -0.05) is 24.8 Å². The van der Waals surface area contributed by atoms with Gasteiger partial charge in [-0.2, -0.15) is 4.72 Å². The van der Waals surface area contributed by atoms with E-state index in [4.69, 9.17) is 5.73 Å². The molecule has 1 aromatic heterocycles. The van der Waals surface area contributed by atoms with E-state index >= 15 is 0 Å². The lowest BCUT2D eigenvalue weighted by molar-refractivity contribution is -0.147. The molecule has 5 fully saturated rings. The first-order valence-electron chi connectivity index (χ1n) is 12.0. The number of carbonyl (C=O) groups is 2. The number of nitrogens with one attached hydrogen (secondary N) is 2. The first kappa shape index (κ1) is 23.2. The molecule has 182 valence electrons. The third-order valence-electron chi connectivity index (χ3n) is 8.38. The fraction of sp³-hybridized carbons (Fsp3) is 0.560. The van der Waals surface area contributed by atoms with E-state index in [1.807, 2.05) is 6.92 Å². The largest absolute Gasteiger partial charge is 0.369 e. The number of aromatic nitrogens is 1. The maximum absolute atomic E-state index is 13.4. The molecular formula is C25H32N4O4S. The van der Waals surface area contributed by atoms with Gasteiger partial charge in [0.2, 0.25) is 21.8 Å². The predicted octanol–water partition coefficient (Wildman–Crippen LogP) is 2.33. The average molecular weight is 485 g/mol. The number of nitrogens with zero attached hydrogens (tertiary/aromatic N) is 1. The first-order valence-corrected chi connectivity index (χ1v) is 13.5. The van der Waals surface area contributed by atoms with E-state index in [1.54, 1.807) is 24.3 Å². The minimum absolute atomic E-state index is 0.0428. The van der Waals surface area contributed by atoms with Crippen molar-refractivity contribution in [1.29, 1.82) is 0 Å². The maximum atomic E-state index is 13.4. The Morgan fingerprint density at radius 1 is 1.21 bits per heavy atom. The molecule has 4 bridgehead atoms. The molecule has 2 unspecified atom stereocenters. The van der Waals surface area contributed by atoms with Crippen LogP contribution in [-0.2, 0) is 19.6 Å². The highest BCUT2D eigenvalue weighted by Crippen LogP contribution is 2.60. The SMILES string of the molecule is C=C(c1ncccc1/C=C\C)S(=O)(=O)NC1(C(=O)NC2C3CC4CC2CC(C(N)=O)(C4)C3)CC1. The van der Waals surface area contributed by atoms with E-state index in [2.05, 4.69) is 21.6 Å². The molecule has 5 saturated carbocycles. The summed E-state index contributed by atoms with van der Waals surface area (Å²) in [6, 6.07) is 3.46. The fourth-order valence-corrected chi connectivity index (χ4v) is 8.12. The third kappa shape index (κ3) is 3.79. The standard InChI is InChI=1S/C25H32N4O4S/c1-3-5-17-6-4-9-27-20(17)15(2)34(32,33)29-25(7-8-25)23(31)28-21-18-10-16-11-19(21)14-24(12-16,13-18)22(26)30/h3-6,9,16,18-19,21,29H,2,7-8,10-14H2,1H3,(H2,26,30)(H,28,31)/b5-3-. The van der Waals surface area contributed by atoms with Gasteiger partial charge in [0.05, 0.1) is 5.69 Å². The first-order chi connectivity index (χ1) is 16.1. The van der Waals surface area contributed by atoms with Crippen molar-refractivity contribution in [1.82, 2.24) is 15.0 Å². The summed E-state index contributed by atoms with van der Waals surface area (Å²) < 4.78 is 29.0. The molecule has 5 aliphatic carbocycles. The van der Waals surface area contributed by atoms with Gasteiger partial charge in [0, 0.05) is 23.2 Å². The van der Waals surface area contributed by atoms with Crippen LogP contribution in [0.25, 0.3) is 11.0 Å². The number of primary amides is 1. The Bertz CT molecular complexity index is 1170. The molecule has 1 aromatic rings. The molecule has 0 radical (unpaired) electrons. The molecule has 8 nitrogen and oxygen atoms in total. The van der Waals surface area contributed by atoms with Crippen molar-refractivity contribution in [2.45, 2.75) is 63.5 Å². The number of pyridine rings is 1. The molecular weight excluding hydrogens is 452 g/mol. The van der Waals surface area contributed by atoms with Gasteiger partial charge in [-0.3, -0.25) is 14.6 Å². The summed E-state index contributed by atoms with van der Waals surface area (Å²) >= 11 is 0. The van der Waals surface area contributed by atoms with Crippen molar-refractivity contribution >= 4 is 32.8 Å². The molecule has 0 saturated heterocycles. The number of rotatable bonds is 8. The van der Waals surface area contributed by atoms with Crippen LogP contribution in [0.2, 0.25) is 0 Å². The Morgan fingerprint density at radius 2 is 1.88 bits per heavy atom. The van der Waals surface area contributed by atoms with Crippen LogP contribution in [0.4, 0.5) is 0 Å². The monoisotopic (exact) mass is 484 g/mol. The minimum Gasteiger partial charge on any atom is -0.369 e. The predicted molar refractivity (Wildman–Crippen MR) is 129 cm³/mol. The Hall–Kier alpha value is -2.52. The van der Waals surface area contributed by atoms with E-state index in [-0.39, 0.29) is 40.3 Å². The van der Waals surface area contributed by atoms with Gasteiger partial charge in [0.1, 0.15) is 10.4 Å². The van der Waals surface area contributed by atoms with Crippen LogP contribution in [0.3, 0.4) is 0 Å². The highest BCUT2D eigenvalue weighted by Gasteiger charge is 2.60. The van der Waals surface area contributed by atoms with Gasteiger partial charge < -0.3 is 11.1 Å². The number of hydrogen-bond donors (Lipinski definition) is 3. The van der Waals surface area contributed by atoms with Crippen molar-refractivity contribution in [2.75, 3.05) is 0 Å². The lowest BCUT2D eigenvalue weighted by Crippen LogP contribution is -2.64. The summed E-state index contributed by atoms with van der Waals surface area (Å²) in [4.78, 5) is 29.6. The number of sulfonamides is 1. The summed E-state index contributed by atoms with van der Waals surface area (Å²) in [5.74, 6) is 0.404. The van der Waals surface area contributed by atoms with Gasteiger partial charge in [-0.05, 0) is 75.7 Å². The van der Waals surface area contributed by atoms with E-state index in [9.17, 15) is 18.0 Å². The van der Waals surface area contributed by atoms with E-state index in [1.165, 1.54) is 6.20 Å². The quantitative estimate of drug-likeness (QED) is 0.521. The van der Waals surface area contributed by atoms with Crippen molar-refractivity contribution in [3.8, 4) is 0 Å². The molecule has 0 aromatic carbocycles. The molecule has 9 heteroatoms. The zero-order chi connectivity index (χ0) is 24.3. The molecule has 1 heterocycles. The van der Waals surface area contributed by atoms with Gasteiger partial charge >= 0.3 is 0 Å². The zero-order valence-corrected chi connectivity index (χ0v) is 20.2. The highest BCUT2D eigenvalue weighted by atomic mass is 32.2. The second kappa shape index (κ2) is 8.02. The molecule has 0 aliphatic heterocycles. The van der Waals surface area contributed by atoms with E-state index in [0.717, 1.165) is 19.3 Å². The van der Waals surface area contributed by atoms with Crippen molar-refractivity contribution in [3.63, 3.8) is 0 Å². The Balaban J connectivity index is 1.30. The Kier molecular flexibility index (Phi) is 5.48. The molecule has 2 atom stereocenters. The number of hydrogen-bond acceptors (Lipinski definition) is 5. The smallest absolute Gasteiger partial charge is 0.243 e. The summed E-state index contributed by atoms with van der Waals surface area (Å²) in [5, 5.41) is 3.18. The summed E-state index contributed by atoms with van der Waals surface area (Å²) in [5.41, 5.74) is 5.09. The topological polar surface area (TPSA) is 131 Å². The lowest BCUT2D eigenvalue weighted by Gasteiger charge is -2.59. The van der Waals surface area contributed by atoms with E-state index in [0.29, 0.717) is 37.2 Å². The Morgan fingerprint density at radius 3 is 2.47 bits per heavy atom. The Labute approximate surface area is 200 Å². The second-order valence-electron chi connectivity index (χ2n) is 10.7. The average Bonchev–Trinajstić information content (AvgIpc) is 3.55. The van der Waals surface area contributed by atoms with Crippen molar-refractivity contribution in [2.24, 2.45) is 28.9 Å². The van der Waals surface area contributed by atoms with E-state index < -0.39 is 21.0 Å². The van der Waals surface area contributed by atoms with Crippen LogP contribution in [0.15, 0.2) is 31.0 Å². The lowest BCUT2D eigenvalue weighted by atomic mass is 9.47. The van der Waals surface area contributed by atoms with Gasteiger partial charge in [0.15, 0.2) is 0 Å². The second-order valence-corrected chi connectivity index (χ2v) is 12.4. The number of allylic oxidation sites excluding steroid dienone is 1. The maximum Gasteiger partial charge on any atom is 0.243 e. The van der Waals surface area contributed by atoms with Crippen LogP contribution in [0.5, 0.6) is 0 Å². The number of amides is 2. The van der Waals surface area contributed by atoms with Gasteiger partial charge in [0.25, 0.3) is 0 Å². The third-order valence-corrected chi connectivity index (χ3v) is 9.88.